The number of amides is 1. The molecular formula is C23H31N3O5S. The Morgan fingerprint density at radius 3 is 2.50 bits per heavy atom. The number of carboxylic acids is 1. The summed E-state index contributed by atoms with van der Waals surface area (Å²) in [5, 5.41) is 11.7. The SMILES string of the molecule is CC(=O)Nc1ccc(S(=O)(=O)N2C[C@@H]3CCCN4CCC[C@@H]([C@H]34)[C@H]2/C=C/CC(=O)O)cc1. The fourth-order valence-electron chi connectivity index (χ4n) is 5.75. The molecule has 0 spiro atoms. The number of benzene rings is 1. The molecule has 1 aromatic carbocycles. The minimum atomic E-state index is -3.79. The van der Waals surface area contributed by atoms with Crippen molar-refractivity contribution in [1.82, 2.24) is 9.21 Å². The average molecular weight is 462 g/mol. The number of anilines is 1. The van der Waals surface area contributed by atoms with Crippen molar-refractivity contribution in [3.05, 3.63) is 36.4 Å². The molecule has 0 radical (unpaired) electrons. The third-order valence-electron chi connectivity index (χ3n) is 6.94. The second-order valence-electron chi connectivity index (χ2n) is 9.03. The number of hydrogen-bond donors (Lipinski definition) is 2. The summed E-state index contributed by atoms with van der Waals surface area (Å²) in [6.45, 7) is 3.96. The largest absolute Gasteiger partial charge is 0.481 e. The molecule has 0 saturated carbocycles. The third kappa shape index (κ3) is 4.60. The third-order valence-corrected chi connectivity index (χ3v) is 8.82. The van der Waals surface area contributed by atoms with Crippen molar-refractivity contribution in [2.45, 2.75) is 56.0 Å². The van der Waals surface area contributed by atoms with E-state index in [0.29, 0.717) is 18.3 Å². The van der Waals surface area contributed by atoms with E-state index in [0.717, 1.165) is 38.8 Å². The molecule has 32 heavy (non-hydrogen) atoms. The molecule has 4 rings (SSSR count). The number of carbonyl (C=O) groups is 2. The Morgan fingerprint density at radius 2 is 1.84 bits per heavy atom. The first-order valence-corrected chi connectivity index (χ1v) is 12.7. The van der Waals surface area contributed by atoms with Gasteiger partial charge in [-0.25, -0.2) is 8.42 Å². The molecule has 3 saturated heterocycles. The molecule has 0 bridgehead atoms. The van der Waals surface area contributed by atoms with Crippen LogP contribution in [0.4, 0.5) is 5.69 Å². The number of hydrogen-bond acceptors (Lipinski definition) is 5. The van der Waals surface area contributed by atoms with Gasteiger partial charge in [0.15, 0.2) is 0 Å². The van der Waals surface area contributed by atoms with Crippen LogP contribution in [0.5, 0.6) is 0 Å². The summed E-state index contributed by atoms with van der Waals surface area (Å²) in [4.78, 5) is 25.1. The Bertz CT molecular complexity index is 989. The van der Waals surface area contributed by atoms with E-state index < -0.39 is 16.0 Å². The predicted octanol–water partition coefficient (Wildman–Crippen LogP) is 2.54. The minimum absolute atomic E-state index is 0.125. The van der Waals surface area contributed by atoms with Gasteiger partial charge in [-0.1, -0.05) is 12.2 Å². The highest BCUT2D eigenvalue weighted by Crippen LogP contribution is 2.44. The Balaban J connectivity index is 1.67. The van der Waals surface area contributed by atoms with Crippen molar-refractivity contribution in [3.8, 4) is 0 Å². The van der Waals surface area contributed by atoms with Crippen LogP contribution in [0.25, 0.3) is 0 Å². The highest BCUT2D eigenvalue weighted by atomic mass is 32.2. The van der Waals surface area contributed by atoms with E-state index >= 15 is 0 Å². The number of sulfonamides is 1. The summed E-state index contributed by atoms with van der Waals surface area (Å²) >= 11 is 0. The summed E-state index contributed by atoms with van der Waals surface area (Å²) in [5.74, 6) is -0.709. The molecule has 3 heterocycles. The second-order valence-corrected chi connectivity index (χ2v) is 10.9. The first-order chi connectivity index (χ1) is 15.3. The molecule has 1 aromatic rings. The maximum atomic E-state index is 13.7. The van der Waals surface area contributed by atoms with Crippen LogP contribution in [0.15, 0.2) is 41.3 Å². The van der Waals surface area contributed by atoms with E-state index in [4.69, 9.17) is 5.11 Å². The number of carbonyl (C=O) groups excluding carboxylic acids is 1. The van der Waals surface area contributed by atoms with Crippen LogP contribution < -0.4 is 5.32 Å². The van der Waals surface area contributed by atoms with Crippen LogP contribution in [0.2, 0.25) is 0 Å². The first kappa shape index (κ1) is 22.9. The maximum Gasteiger partial charge on any atom is 0.307 e. The lowest BCUT2D eigenvalue weighted by atomic mass is 9.70. The van der Waals surface area contributed by atoms with Gasteiger partial charge >= 0.3 is 5.97 Å². The molecule has 1 amide bonds. The summed E-state index contributed by atoms with van der Waals surface area (Å²) in [6.07, 6.45) is 7.32. The molecule has 3 fully saturated rings. The van der Waals surface area contributed by atoms with Gasteiger partial charge in [-0.3, -0.25) is 14.5 Å². The standard InChI is InChI=1S/C23H31N3O5S/c1-16(27)24-18-9-11-19(12-10-18)32(30,31)26-15-17-5-3-13-25-14-4-6-20(23(17)25)21(26)7-2-8-22(28)29/h2,7,9-12,17,20-21,23H,3-6,8,13-15H2,1H3,(H,24,27)(H,28,29)/b7-2+/t17-,20+,21+,23-/m0/s1. The van der Waals surface area contributed by atoms with Gasteiger partial charge in [-0.05, 0) is 74.9 Å². The number of nitrogens with one attached hydrogen (secondary N) is 1. The number of rotatable bonds is 6. The van der Waals surface area contributed by atoms with Crippen molar-refractivity contribution >= 4 is 27.6 Å². The molecule has 0 unspecified atom stereocenters. The Kier molecular flexibility index (Phi) is 6.69. The average Bonchev–Trinajstić information content (AvgIpc) is 2.75. The van der Waals surface area contributed by atoms with Gasteiger partial charge in [0.1, 0.15) is 0 Å². The van der Waals surface area contributed by atoms with Gasteiger partial charge in [-0.2, -0.15) is 4.31 Å². The number of piperidine rings is 3. The van der Waals surface area contributed by atoms with Gasteiger partial charge in [0.25, 0.3) is 0 Å². The van der Waals surface area contributed by atoms with Crippen molar-refractivity contribution in [2.24, 2.45) is 11.8 Å². The summed E-state index contributed by atoms with van der Waals surface area (Å²) in [7, 11) is -3.79. The smallest absolute Gasteiger partial charge is 0.307 e. The molecule has 0 aliphatic carbocycles. The molecule has 3 aliphatic heterocycles. The van der Waals surface area contributed by atoms with Crippen molar-refractivity contribution < 1.29 is 23.1 Å². The minimum Gasteiger partial charge on any atom is -0.481 e. The molecule has 2 N–H and O–H groups in total. The zero-order chi connectivity index (χ0) is 22.9. The van der Waals surface area contributed by atoms with Crippen LogP contribution in [-0.2, 0) is 19.6 Å². The van der Waals surface area contributed by atoms with Gasteiger partial charge in [0, 0.05) is 31.2 Å². The van der Waals surface area contributed by atoms with Crippen LogP contribution in [0, 0.1) is 11.8 Å². The molecule has 9 heteroatoms. The normalized spacial score (nSPS) is 28.9. The van der Waals surface area contributed by atoms with Crippen LogP contribution in [0.3, 0.4) is 0 Å². The van der Waals surface area contributed by atoms with E-state index in [-0.39, 0.29) is 35.1 Å². The molecule has 3 aliphatic rings. The van der Waals surface area contributed by atoms with Gasteiger partial charge in [0.2, 0.25) is 15.9 Å². The molecule has 0 aromatic heterocycles. The van der Waals surface area contributed by atoms with E-state index in [1.54, 1.807) is 28.6 Å². The van der Waals surface area contributed by atoms with Crippen LogP contribution in [0.1, 0.15) is 39.0 Å². The molecule has 174 valence electrons. The summed E-state index contributed by atoms with van der Waals surface area (Å²) in [6, 6.07) is 6.23. The number of carboxylic acid groups (broad SMARTS) is 1. The number of nitrogens with zero attached hydrogens (tertiary/aromatic N) is 2. The molecule has 4 atom stereocenters. The predicted molar refractivity (Wildman–Crippen MR) is 121 cm³/mol. The van der Waals surface area contributed by atoms with Gasteiger partial charge < -0.3 is 10.4 Å². The second kappa shape index (κ2) is 9.33. The van der Waals surface area contributed by atoms with Crippen LogP contribution in [-0.4, -0.2) is 66.3 Å². The molecule has 8 nitrogen and oxygen atoms in total. The van der Waals surface area contributed by atoms with Crippen molar-refractivity contribution in [1.29, 1.82) is 0 Å². The lowest BCUT2D eigenvalue weighted by Crippen LogP contribution is -2.65. The van der Waals surface area contributed by atoms with Crippen molar-refractivity contribution in [2.75, 3.05) is 25.0 Å². The zero-order valence-electron chi connectivity index (χ0n) is 18.3. The quantitative estimate of drug-likeness (QED) is 0.631. The van der Waals surface area contributed by atoms with E-state index in [9.17, 15) is 18.0 Å². The summed E-state index contributed by atoms with van der Waals surface area (Å²) in [5.41, 5.74) is 0.545. The monoisotopic (exact) mass is 461 g/mol. The fourth-order valence-corrected chi connectivity index (χ4v) is 7.43. The summed E-state index contributed by atoms with van der Waals surface area (Å²) < 4.78 is 29.1. The molecular weight excluding hydrogens is 430 g/mol. The zero-order valence-corrected chi connectivity index (χ0v) is 19.1. The topological polar surface area (TPSA) is 107 Å². The van der Waals surface area contributed by atoms with E-state index in [2.05, 4.69) is 10.2 Å². The highest BCUT2D eigenvalue weighted by molar-refractivity contribution is 7.89. The van der Waals surface area contributed by atoms with Crippen molar-refractivity contribution in [3.63, 3.8) is 0 Å². The fraction of sp³-hybridized carbons (Fsp3) is 0.565. The Morgan fingerprint density at radius 1 is 1.16 bits per heavy atom. The lowest BCUT2D eigenvalue weighted by molar-refractivity contribution is -0.136. The first-order valence-electron chi connectivity index (χ1n) is 11.3. The van der Waals surface area contributed by atoms with Gasteiger partial charge in [-0.15, -0.1) is 0 Å². The lowest BCUT2D eigenvalue weighted by Gasteiger charge is -2.56. The highest BCUT2D eigenvalue weighted by Gasteiger charge is 2.50. The maximum absolute atomic E-state index is 13.7. The van der Waals surface area contributed by atoms with E-state index in [1.807, 2.05) is 0 Å². The Hall–Kier alpha value is -2.23. The van der Waals surface area contributed by atoms with Gasteiger partial charge in [0.05, 0.1) is 11.3 Å². The Labute approximate surface area is 189 Å². The van der Waals surface area contributed by atoms with Crippen LogP contribution >= 0.6 is 0 Å². The van der Waals surface area contributed by atoms with E-state index in [1.165, 1.54) is 19.1 Å². The number of aliphatic carboxylic acids is 1.